The maximum atomic E-state index is 12.0. The summed E-state index contributed by atoms with van der Waals surface area (Å²) in [6.07, 6.45) is 1.39. The third-order valence-corrected chi connectivity index (χ3v) is 5.08. The number of aromatic nitrogens is 1. The summed E-state index contributed by atoms with van der Waals surface area (Å²) in [7, 11) is 0. The number of carboxylic acid groups (broad SMARTS) is 2. The highest BCUT2D eigenvalue weighted by atomic mass is 16.6. The van der Waals surface area contributed by atoms with Crippen LogP contribution in [0.25, 0.3) is 0 Å². The smallest absolute Gasteiger partial charge is 0.426 e. The molecule has 0 saturated heterocycles. The van der Waals surface area contributed by atoms with Crippen molar-refractivity contribution in [3.63, 3.8) is 0 Å². The molecule has 0 bridgehead atoms. The zero-order valence-corrected chi connectivity index (χ0v) is 21.2. The van der Waals surface area contributed by atoms with E-state index in [0.29, 0.717) is 11.4 Å². The van der Waals surface area contributed by atoms with Crippen LogP contribution in [0, 0.1) is 17.3 Å². The lowest BCUT2D eigenvalue weighted by Crippen LogP contribution is -2.54. The minimum absolute atomic E-state index is 0.165. The van der Waals surface area contributed by atoms with Crippen molar-refractivity contribution in [3.8, 4) is 0 Å². The van der Waals surface area contributed by atoms with Gasteiger partial charge in [-0.3, -0.25) is 20.4 Å². The molecular weight excluding hydrogens is 458 g/mol. The Balaban J connectivity index is 2.79. The summed E-state index contributed by atoms with van der Waals surface area (Å²) in [6, 6.07) is 2.14. The second-order valence-electron chi connectivity index (χ2n) is 10.3. The van der Waals surface area contributed by atoms with E-state index in [9.17, 15) is 29.7 Å². The number of hydrogen-bond acceptors (Lipinski definition) is 9. The number of nitrogens with zero attached hydrogens (tertiary/aromatic N) is 1. The Morgan fingerprint density at radius 3 is 2.17 bits per heavy atom. The minimum Gasteiger partial charge on any atom is -0.481 e. The Bertz CT molecular complexity index is 834. The molecule has 0 saturated carbocycles. The fourth-order valence-electron chi connectivity index (χ4n) is 3.69. The molecule has 0 fully saturated rings. The summed E-state index contributed by atoms with van der Waals surface area (Å²) < 4.78 is 5.12. The average Bonchev–Trinajstić information content (AvgIpc) is 2.71. The second kappa shape index (κ2) is 13.2. The van der Waals surface area contributed by atoms with Crippen LogP contribution in [0.2, 0.25) is 0 Å². The van der Waals surface area contributed by atoms with Gasteiger partial charge in [-0.2, -0.15) is 0 Å². The quantitative estimate of drug-likeness (QED) is 0.198. The second-order valence-corrected chi connectivity index (χ2v) is 10.3. The molecule has 3 atom stereocenters. The largest absolute Gasteiger partial charge is 0.481 e. The van der Waals surface area contributed by atoms with E-state index in [-0.39, 0.29) is 26.0 Å². The zero-order chi connectivity index (χ0) is 26.8. The summed E-state index contributed by atoms with van der Waals surface area (Å²) >= 11 is 0. The Hall–Kier alpha value is -2.96. The molecule has 0 spiro atoms. The van der Waals surface area contributed by atoms with Crippen molar-refractivity contribution >= 4 is 23.8 Å². The van der Waals surface area contributed by atoms with Crippen LogP contribution < -0.4 is 21.7 Å². The molecule has 35 heavy (non-hydrogen) atoms. The van der Waals surface area contributed by atoms with E-state index < -0.39 is 46.9 Å². The van der Waals surface area contributed by atoms with Gasteiger partial charge in [0.1, 0.15) is 17.5 Å². The van der Waals surface area contributed by atoms with Gasteiger partial charge in [0.05, 0.1) is 5.92 Å². The van der Waals surface area contributed by atoms with Gasteiger partial charge in [0.2, 0.25) is 0 Å². The van der Waals surface area contributed by atoms with E-state index in [4.69, 9.17) is 4.74 Å². The first kappa shape index (κ1) is 30.1. The van der Waals surface area contributed by atoms with Gasteiger partial charge in [0.25, 0.3) is 0 Å². The number of anilines is 1. The van der Waals surface area contributed by atoms with Crippen molar-refractivity contribution in [2.75, 3.05) is 12.0 Å². The monoisotopic (exact) mass is 497 g/mol. The first-order valence-corrected chi connectivity index (χ1v) is 11.4. The number of carbonyl (C=O) groups excluding carboxylic acids is 1. The maximum absolute atomic E-state index is 12.0. The molecule has 12 heteroatoms. The lowest BCUT2D eigenvalue weighted by atomic mass is 9.69. The standard InChI is InChI=1S/C23H39N5O7/c1-22(2,3)17(19(30)31)15(8-7-11-29)18(20(32)33)27-25-13-14-9-10-16(24-12-14)26-28-21(34)35-23(4,5)6/h9-10,12,15,17-18,25,27,29H,7-8,11,13H2,1-6H3,(H,24,26)(H,28,34)(H,30,31)(H,32,33)/t15?,17?,18-/m0/s1. The minimum atomic E-state index is -1.20. The van der Waals surface area contributed by atoms with Gasteiger partial charge in [-0.15, -0.1) is 0 Å². The van der Waals surface area contributed by atoms with Gasteiger partial charge >= 0.3 is 18.0 Å². The highest BCUT2D eigenvalue weighted by Crippen LogP contribution is 2.36. The van der Waals surface area contributed by atoms with Crippen molar-refractivity contribution in [1.29, 1.82) is 0 Å². The van der Waals surface area contributed by atoms with E-state index in [1.54, 1.807) is 53.7 Å². The van der Waals surface area contributed by atoms with Gasteiger partial charge in [-0.25, -0.2) is 20.6 Å². The molecule has 198 valence electrons. The molecular formula is C23H39N5O7. The number of carboxylic acids is 2. The summed E-state index contributed by atoms with van der Waals surface area (Å²) in [5.74, 6) is -3.63. The molecule has 2 unspecified atom stereocenters. The van der Waals surface area contributed by atoms with Gasteiger partial charge in [-0.05, 0) is 50.7 Å². The van der Waals surface area contributed by atoms with Crippen LogP contribution in [0.1, 0.15) is 59.9 Å². The maximum Gasteiger partial charge on any atom is 0.426 e. The number of ether oxygens (including phenoxy) is 1. The predicted molar refractivity (Wildman–Crippen MR) is 129 cm³/mol. The third kappa shape index (κ3) is 10.9. The van der Waals surface area contributed by atoms with E-state index in [0.717, 1.165) is 0 Å². The molecule has 1 aromatic heterocycles. The Morgan fingerprint density at radius 1 is 1.06 bits per heavy atom. The Labute approximate surface area is 205 Å². The summed E-state index contributed by atoms with van der Waals surface area (Å²) in [4.78, 5) is 39.9. The van der Waals surface area contributed by atoms with E-state index >= 15 is 0 Å². The number of pyridine rings is 1. The molecule has 1 rings (SSSR count). The number of nitrogens with one attached hydrogen (secondary N) is 4. The SMILES string of the molecule is CC(C)(C)OC(=O)NNc1ccc(CNN[C@H](C(=O)O)C(CCCO)C(C(=O)O)C(C)(C)C)cn1. The van der Waals surface area contributed by atoms with Crippen molar-refractivity contribution in [1.82, 2.24) is 21.3 Å². The van der Waals surface area contributed by atoms with Crippen LogP contribution in [0.4, 0.5) is 10.6 Å². The van der Waals surface area contributed by atoms with Crippen LogP contribution in [0.5, 0.6) is 0 Å². The van der Waals surface area contributed by atoms with Gasteiger partial charge < -0.3 is 20.1 Å². The number of hydrazine groups is 2. The lowest BCUT2D eigenvalue weighted by Gasteiger charge is -2.37. The van der Waals surface area contributed by atoms with Gasteiger partial charge in [0, 0.05) is 25.3 Å². The fourth-order valence-corrected chi connectivity index (χ4v) is 3.69. The van der Waals surface area contributed by atoms with Gasteiger partial charge in [0.15, 0.2) is 0 Å². The molecule has 1 amide bonds. The number of aliphatic carboxylic acids is 2. The van der Waals surface area contributed by atoms with Crippen molar-refractivity contribution in [2.24, 2.45) is 17.3 Å². The number of aliphatic hydroxyl groups excluding tert-OH is 1. The zero-order valence-electron chi connectivity index (χ0n) is 21.2. The van der Waals surface area contributed by atoms with Crippen LogP contribution in [0.3, 0.4) is 0 Å². The van der Waals surface area contributed by atoms with Crippen LogP contribution in [-0.2, 0) is 20.9 Å². The molecule has 1 heterocycles. The van der Waals surface area contributed by atoms with E-state index in [1.807, 2.05) is 0 Å². The third-order valence-electron chi connectivity index (χ3n) is 5.08. The topological polar surface area (TPSA) is 182 Å². The molecule has 7 N–H and O–H groups in total. The van der Waals surface area contributed by atoms with Crippen molar-refractivity contribution < 1.29 is 34.4 Å². The highest BCUT2D eigenvalue weighted by molar-refractivity contribution is 5.77. The molecule has 0 radical (unpaired) electrons. The van der Waals surface area contributed by atoms with Crippen molar-refractivity contribution in [2.45, 2.75) is 72.6 Å². The van der Waals surface area contributed by atoms with E-state index in [2.05, 4.69) is 26.7 Å². The average molecular weight is 498 g/mol. The number of rotatable bonds is 13. The lowest BCUT2D eigenvalue weighted by molar-refractivity contribution is -0.152. The number of amides is 1. The number of hydrogen-bond donors (Lipinski definition) is 7. The summed E-state index contributed by atoms with van der Waals surface area (Å²) in [5.41, 5.74) is 9.98. The molecule has 12 nitrogen and oxygen atoms in total. The molecule has 0 aliphatic carbocycles. The fraction of sp³-hybridized carbons (Fsp3) is 0.652. The predicted octanol–water partition coefficient (Wildman–Crippen LogP) is 2.12. The van der Waals surface area contributed by atoms with Gasteiger partial charge in [-0.1, -0.05) is 26.8 Å². The number of carbonyl (C=O) groups is 3. The molecule has 1 aromatic rings. The number of aliphatic hydroxyl groups is 1. The normalized spacial score (nSPS) is 14.5. The molecule has 0 aliphatic heterocycles. The summed E-state index contributed by atoms with van der Waals surface area (Å²) in [5, 5.41) is 28.9. The Morgan fingerprint density at radius 2 is 1.71 bits per heavy atom. The van der Waals surface area contributed by atoms with Crippen LogP contribution in [0.15, 0.2) is 18.3 Å². The summed E-state index contributed by atoms with van der Waals surface area (Å²) in [6.45, 7) is 10.5. The van der Waals surface area contributed by atoms with Crippen molar-refractivity contribution in [3.05, 3.63) is 23.9 Å². The Kier molecular flexibility index (Phi) is 11.4. The van der Waals surface area contributed by atoms with Crippen LogP contribution in [-0.4, -0.2) is 56.6 Å². The van der Waals surface area contributed by atoms with Crippen LogP contribution >= 0.6 is 0 Å². The first-order valence-electron chi connectivity index (χ1n) is 11.4. The molecule has 0 aliphatic rings. The highest BCUT2D eigenvalue weighted by Gasteiger charge is 2.43. The first-order chi connectivity index (χ1) is 16.2. The molecule has 0 aromatic carbocycles. The van der Waals surface area contributed by atoms with E-state index in [1.165, 1.54) is 6.20 Å².